The Morgan fingerprint density at radius 3 is 2.95 bits per heavy atom. The van der Waals surface area contributed by atoms with Crippen LogP contribution in [-0.4, -0.2) is 15.6 Å². The third kappa shape index (κ3) is 2.85. The van der Waals surface area contributed by atoms with Gasteiger partial charge in [-0.25, -0.2) is 4.98 Å². The first-order valence-corrected chi connectivity index (χ1v) is 7.27. The zero-order valence-corrected chi connectivity index (χ0v) is 11.7. The van der Waals surface area contributed by atoms with Crippen LogP contribution >= 0.6 is 11.3 Å². The van der Waals surface area contributed by atoms with Gasteiger partial charge in [-0.2, -0.15) is 0 Å². The van der Waals surface area contributed by atoms with Crippen LogP contribution in [0.2, 0.25) is 0 Å². The minimum atomic E-state index is 0.207. The highest BCUT2D eigenvalue weighted by atomic mass is 32.1. The average Bonchev–Trinajstić information content (AvgIpc) is 2.94. The molecule has 19 heavy (non-hydrogen) atoms. The van der Waals surface area contributed by atoms with Crippen molar-refractivity contribution in [2.75, 3.05) is 0 Å². The van der Waals surface area contributed by atoms with Gasteiger partial charge in [0.15, 0.2) is 0 Å². The third-order valence-electron chi connectivity index (χ3n) is 3.03. The van der Waals surface area contributed by atoms with E-state index in [2.05, 4.69) is 46.2 Å². The van der Waals surface area contributed by atoms with Gasteiger partial charge in [-0.15, -0.1) is 11.3 Å². The van der Waals surface area contributed by atoms with Gasteiger partial charge >= 0.3 is 0 Å². The molecule has 98 valence electrons. The zero-order valence-electron chi connectivity index (χ0n) is 10.9. The Morgan fingerprint density at radius 1 is 1.32 bits per heavy atom. The van der Waals surface area contributed by atoms with Crippen molar-refractivity contribution in [1.29, 1.82) is 0 Å². The van der Waals surface area contributed by atoms with Crippen LogP contribution in [-0.2, 0) is 13.0 Å². The Bertz CT molecular complexity index is 648. The number of thiazole rings is 1. The SMILES string of the molecule is CC(N)Cc1ccn(Cc2nc3ccccc3s2)c1. The summed E-state index contributed by atoms with van der Waals surface area (Å²) in [6.45, 7) is 2.86. The van der Waals surface area contributed by atoms with Crippen molar-refractivity contribution < 1.29 is 0 Å². The number of hydrogen-bond donors (Lipinski definition) is 1. The molecule has 0 aliphatic rings. The van der Waals surface area contributed by atoms with E-state index in [1.165, 1.54) is 10.3 Å². The fraction of sp³-hybridized carbons (Fsp3) is 0.267. The van der Waals surface area contributed by atoms with Gasteiger partial charge in [0.2, 0.25) is 0 Å². The molecule has 3 aromatic rings. The molecule has 0 saturated carbocycles. The van der Waals surface area contributed by atoms with Gasteiger partial charge in [0.1, 0.15) is 5.01 Å². The molecule has 4 heteroatoms. The molecule has 0 aliphatic heterocycles. The summed E-state index contributed by atoms with van der Waals surface area (Å²) in [5.41, 5.74) is 8.19. The fourth-order valence-electron chi connectivity index (χ4n) is 2.23. The van der Waals surface area contributed by atoms with Crippen molar-refractivity contribution in [3.05, 3.63) is 53.3 Å². The highest BCUT2D eigenvalue weighted by Crippen LogP contribution is 2.22. The maximum absolute atomic E-state index is 5.82. The maximum Gasteiger partial charge on any atom is 0.114 e. The van der Waals surface area contributed by atoms with Gasteiger partial charge in [-0.05, 0) is 37.1 Å². The van der Waals surface area contributed by atoms with Crippen molar-refractivity contribution in [2.45, 2.75) is 25.9 Å². The van der Waals surface area contributed by atoms with Gasteiger partial charge in [0.25, 0.3) is 0 Å². The van der Waals surface area contributed by atoms with Crippen LogP contribution in [0.15, 0.2) is 42.7 Å². The molecule has 2 aromatic heterocycles. The molecular formula is C15H17N3S. The van der Waals surface area contributed by atoms with Gasteiger partial charge in [0.05, 0.1) is 16.8 Å². The van der Waals surface area contributed by atoms with Crippen molar-refractivity contribution in [2.24, 2.45) is 5.73 Å². The van der Waals surface area contributed by atoms with E-state index >= 15 is 0 Å². The third-order valence-corrected chi connectivity index (χ3v) is 4.05. The molecule has 1 aromatic carbocycles. The van der Waals surface area contributed by atoms with Crippen LogP contribution in [0.4, 0.5) is 0 Å². The van der Waals surface area contributed by atoms with E-state index in [0.717, 1.165) is 23.5 Å². The molecule has 2 heterocycles. The predicted octanol–water partition coefficient (Wildman–Crippen LogP) is 3.04. The number of fused-ring (bicyclic) bond motifs is 1. The van der Waals surface area contributed by atoms with E-state index < -0.39 is 0 Å². The van der Waals surface area contributed by atoms with Gasteiger partial charge in [0, 0.05) is 18.4 Å². The Kier molecular flexibility index (Phi) is 3.36. The van der Waals surface area contributed by atoms with Crippen LogP contribution in [0.5, 0.6) is 0 Å². The molecule has 3 rings (SSSR count). The first-order chi connectivity index (χ1) is 9.20. The molecule has 0 amide bonds. The minimum Gasteiger partial charge on any atom is -0.347 e. The topological polar surface area (TPSA) is 43.8 Å². The molecule has 1 atom stereocenters. The van der Waals surface area contributed by atoms with E-state index in [1.807, 2.05) is 13.0 Å². The molecule has 1 unspecified atom stereocenters. The van der Waals surface area contributed by atoms with Crippen LogP contribution in [0.1, 0.15) is 17.5 Å². The van der Waals surface area contributed by atoms with Crippen molar-refractivity contribution >= 4 is 21.6 Å². The number of nitrogens with two attached hydrogens (primary N) is 1. The minimum absolute atomic E-state index is 0.207. The number of rotatable bonds is 4. The smallest absolute Gasteiger partial charge is 0.114 e. The first kappa shape index (κ1) is 12.4. The first-order valence-electron chi connectivity index (χ1n) is 6.45. The van der Waals surface area contributed by atoms with Crippen LogP contribution in [0, 0.1) is 0 Å². The van der Waals surface area contributed by atoms with Crippen molar-refractivity contribution in [1.82, 2.24) is 9.55 Å². The second kappa shape index (κ2) is 5.15. The van der Waals surface area contributed by atoms with Gasteiger partial charge < -0.3 is 10.3 Å². The lowest BCUT2D eigenvalue weighted by molar-refractivity contribution is 0.731. The second-order valence-electron chi connectivity index (χ2n) is 4.95. The molecular weight excluding hydrogens is 254 g/mol. The Hall–Kier alpha value is -1.65. The van der Waals surface area contributed by atoms with E-state index in [-0.39, 0.29) is 6.04 Å². The highest BCUT2D eigenvalue weighted by molar-refractivity contribution is 7.18. The second-order valence-corrected chi connectivity index (χ2v) is 6.06. The monoisotopic (exact) mass is 271 g/mol. The average molecular weight is 271 g/mol. The summed E-state index contributed by atoms with van der Waals surface area (Å²) in [4.78, 5) is 4.65. The molecule has 2 N–H and O–H groups in total. The van der Waals surface area contributed by atoms with Crippen LogP contribution < -0.4 is 5.73 Å². The Balaban J connectivity index is 1.78. The lowest BCUT2D eigenvalue weighted by Crippen LogP contribution is -2.17. The number of benzene rings is 1. The Labute approximate surface area is 116 Å². The Morgan fingerprint density at radius 2 is 2.16 bits per heavy atom. The summed E-state index contributed by atoms with van der Waals surface area (Å²) in [6.07, 6.45) is 5.19. The summed E-state index contributed by atoms with van der Waals surface area (Å²) in [5.74, 6) is 0. The quantitative estimate of drug-likeness (QED) is 0.792. The number of hydrogen-bond acceptors (Lipinski definition) is 3. The fourth-order valence-corrected chi connectivity index (χ4v) is 3.20. The van der Waals surface area contributed by atoms with Crippen molar-refractivity contribution in [3.8, 4) is 0 Å². The number of para-hydroxylation sites is 1. The molecule has 3 nitrogen and oxygen atoms in total. The van der Waals surface area contributed by atoms with E-state index in [1.54, 1.807) is 11.3 Å². The summed E-state index contributed by atoms with van der Waals surface area (Å²) in [5, 5.41) is 1.14. The largest absolute Gasteiger partial charge is 0.347 e. The lowest BCUT2D eigenvalue weighted by Gasteiger charge is -2.01. The van der Waals surface area contributed by atoms with Crippen LogP contribution in [0.3, 0.4) is 0 Å². The molecule has 0 fully saturated rings. The van der Waals surface area contributed by atoms with Gasteiger partial charge in [-0.3, -0.25) is 0 Å². The molecule has 0 spiro atoms. The summed E-state index contributed by atoms with van der Waals surface area (Å²) < 4.78 is 3.43. The summed E-state index contributed by atoms with van der Waals surface area (Å²) in [7, 11) is 0. The van der Waals surface area contributed by atoms with Crippen molar-refractivity contribution in [3.63, 3.8) is 0 Å². The predicted molar refractivity (Wildman–Crippen MR) is 80.5 cm³/mol. The van der Waals surface area contributed by atoms with Gasteiger partial charge in [-0.1, -0.05) is 12.1 Å². The van der Waals surface area contributed by atoms with E-state index in [9.17, 15) is 0 Å². The summed E-state index contributed by atoms with van der Waals surface area (Å²) >= 11 is 1.76. The maximum atomic E-state index is 5.82. The van der Waals surface area contributed by atoms with E-state index in [4.69, 9.17) is 5.73 Å². The van der Waals surface area contributed by atoms with E-state index in [0.29, 0.717) is 0 Å². The van der Waals surface area contributed by atoms with Crippen LogP contribution in [0.25, 0.3) is 10.2 Å². The molecule has 0 saturated heterocycles. The molecule has 0 aliphatic carbocycles. The summed E-state index contributed by atoms with van der Waals surface area (Å²) in [6, 6.07) is 10.6. The molecule has 0 radical (unpaired) electrons. The highest BCUT2D eigenvalue weighted by Gasteiger charge is 2.05. The zero-order chi connectivity index (χ0) is 13.2. The standard InChI is InChI=1S/C15H17N3S/c1-11(16)8-12-6-7-18(9-12)10-15-17-13-4-2-3-5-14(13)19-15/h2-7,9,11H,8,10,16H2,1H3. The lowest BCUT2D eigenvalue weighted by atomic mass is 10.1. The number of aromatic nitrogens is 2. The normalized spacial score (nSPS) is 12.9. The molecule has 0 bridgehead atoms. The number of nitrogens with zero attached hydrogens (tertiary/aromatic N) is 2.